The lowest BCUT2D eigenvalue weighted by Gasteiger charge is -2.47. The minimum atomic E-state index is -0.973. The van der Waals surface area contributed by atoms with Crippen LogP contribution in [0.5, 0.6) is 0 Å². The van der Waals surface area contributed by atoms with Gasteiger partial charge in [0.05, 0.1) is 55.3 Å². The van der Waals surface area contributed by atoms with Crippen LogP contribution in [0.4, 0.5) is 0 Å². The van der Waals surface area contributed by atoms with E-state index < -0.39 is 123 Å². The van der Waals surface area contributed by atoms with E-state index in [1.165, 1.54) is 21.3 Å². The molecule has 51 heavy (non-hydrogen) atoms. The fraction of sp³-hybridized carbons (Fsp3) is 0.971. The quantitative estimate of drug-likeness (QED) is 0.229. The lowest BCUT2D eigenvalue weighted by Crippen LogP contribution is -2.61. The fourth-order valence-corrected chi connectivity index (χ4v) is 7.74. The standard InChI is InChI=1S/C34H58O17/c1-14-27(38)32(41-8)33(42-9)34(47-14)51-31-18(5)46-26(13-22(31)40-7)49-29-16(3)44-24(10-19(29)35)48-28-15(2)45-25(11-20(28)36)50-30-17(4)43-23(37)12-21(30)39-6/h14-22,24-36,38H,10-13H2,1-9H3. The van der Waals surface area contributed by atoms with E-state index in [2.05, 4.69) is 0 Å². The SMILES string of the molecule is COC1CC(=O)OC(C)C1OC1CC(O)C(OC2CC(O)C(OC3CC(OC)C(OC4OC(C)C(O)C(OC)C4OC)C(C)O3)C(C)O2)C(C)O1. The molecule has 0 aromatic carbocycles. The van der Waals surface area contributed by atoms with E-state index in [1.54, 1.807) is 34.8 Å². The number of carbonyl (C=O) groups excluding carboxylic acids is 1. The first kappa shape index (κ1) is 41.0. The summed E-state index contributed by atoms with van der Waals surface area (Å²) in [5.41, 5.74) is 0. The molecule has 0 bridgehead atoms. The van der Waals surface area contributed by atoms with Gasteiger partial charge in [-0.3, -0.25) is 4.79 Å². The van der Waals surface area contributed by atoms with E-state index in [4.69, 9.17) is 61.6 Å². The fourth-order valence-electron chi connectivity index (χ4n) is 7.74. The summed E-state index contributed by atoms with van der Waals surface area (Å²) in [6.45, 7) is 8.83. The first-order valence-electron chi connectivity index (χ1n) is 17.9. The molecule has 5 saturated heterocycles. The highest BCUT2D eigenvalue weighted by Gasteiger charge is 2.50. The van der Waals surface area contributed by atoms with Crippen molar-refractivity contribution in [2.45, 2.75) is 183 Å². The molecule has 0 aromatic rings. The Balaban J connectivity index is 1.12. The van der Waals surface area contributed by atoms with E-state index in [-0.39, 0.29) is 31.7 Å². The maximum Gasteiger partial charge on any atom is 0.308 e. The van der Waals surface area contributed by atoms with Gasteiger partial charge in [0.25, 0.3) is 0 Å². The van der Waals surface area contributed by atoms with Crippen LogP contribution in [-0.4, -0.2) is 173 Å². The number of cyclic esters (lactones) is 1. The van der Waals surface area contributed by atoms with Crippen molar-refractivity contribution in [3.63, 3.8) is 0 Å². The average Bonchev–Trinajstić information content (AvgIpc) is 3.07. The van der Waals surface area contributed by atoms with E-state index in [0.29, 0.717) is 0 Å². The lowest BCUT2D eigenvalue weighted by molar-refractivity contribution is -0.356. The summed E-state index contributed by atoms with van der Waals surface area (Å²) in [6.07, 6.45) is -13.3. The Labute approximate surface area is 299 Å². The molecule has 3 N–H and O–H groups in total. The summed E-state index contributed by atoms with van der Waals surface area (Å²) in [7, 11) is 6.07. The molecule has 17 nitrogen and oxygen atoms in total. The van der Waals surface area contributed by atoms with Gasteiger partial charge in [0.2, 0.25) is 0 Å². The zero-order chi connectivity index (χ0) is 37.1. The van der Waals surface area contributed by atoms with Gasteiger partial charge >= 0.3 is 5.97 Å². The first-order valence-corrected chi connectivity index (χ1v) is 17.9. The Kier molecular flexibility index (Phi) is 14.5. The molecular weight excluding hydrogens is 680 g/mol. The Morgan fingerprint density at radius 1 is 0.510 bits per heavy atom. The molecule has 5 aliphatic heterocycles. The topological polar surface area (TPSA) is 198 Å². The smallest absolute Gasteiger partial charge is 0.308 e. The van der Waals surface area contributed by atoms with Gasteiger partial charge < -0.3 is 76.9 Å². The number of methoxy groups -OCH3 is 4. The van der Waals surface area contributed by atoms with Crippen LogP contribution in [-0.2, 0) is 66.4 Å². The first-order chi connectivity index (χ1) is 24.3. The summed E-state index contributed by atoms with van der Waals surface area (Å²) in [5, 5.41) is 32.8. The normalized spacial score (nSPS) is 49.8. The summed E-state index contributed by atoms with van der Waals surface area (Å²) in [6, 6.07) is 0. The van der Waals surface area contributed by atoms with Gasteiger partial charge in [0, 0.05) is 47.7 Å². The number of hydrogen-bond acceptors (Lipinski definition) is 17. The zero-order valence-electron chi connectivity index (χ0n) is 30.9. The van der Waals surface area contributed by atoms with Crippen LogP contribution in [0.15, 0.2) is 0 Å². The van der Waals surface area contributed by atoms with Gasteiger partial charge in [-0.2, -0.15) is 0 Å². The summed E-state index contributed by atoms with van der Waals surface area (Å²) in [5.74, 6) is -0.360. The van der Waals surface area contributed by atoms with Crippen LogP contribution in [0.25, 0.3) is 0 Å². The van der Waals surface area contributed by atoms with Gasteiger partial charge in [-0.1, -0.05) is 0 Å². The predicted molar refractivity (Wildman–Crippen MR) is 172 cm³/mol. The second-order valence-electron chi connectivity index (χ2n) is 14.1. The van der Waals surface area contributed by atoms with Crippen molar-refractivity contribution >= 4 is 5.97 Å². The van der Waals surface area contributed by atoms with Gasteiger partial charge in [-0.15, -0.1) is 0 Å². The Morgan fingerprint density at radius 3 is 1.47 bits per heavy atom. The van der Waals surface area contributed by atoms with Gasteiger partial charge in [-0.25, -0.2) is 0 Å². The van der Waals surface area contributed by atoms with Crippen LogP contribution < -0.4 is 0 Å². The number of hydrogen-bond donors (Lipinski definition) is 3. The molecule has 5 heterocycles. The summed E-state index contributed by atoms with van der Waals surface area (Å²) in [4.78, 5) is 11.8. The van der Waals surface area contributed by atoms with E-state index in [1.807, 2.05) is 6.92 Å². The van der Waals surface area contributed by atoms with E-state index in [0.717, 1.165) is 0 Å². The second-order valence-corrected chi connectivity index (χ2v) is 14.1. The molecule has 0 spiro atoms. The average molecular weight is 739 g/mol. The molecular formula is C34H58O17. The molecule has 5 aliphatic rings. The number of rotatable bonds is 12. The molecule has 296 valence electrons. The molecule has 0 aliphatic carbocycles. The van der Waals surface area contributed by atoms with Gasteiger partial charge in [0.15, 0.2) is 25.2 Å². The van der Waals surface area contributed by atoms with Crippen molar-refractivity contribution in [2.75, 3.05) is 28.4 Å². The Morgan fingerprint density at radius 2 is 0.980 bits per heavy atom. The van der Waals surface area contributed by atoms with Crippen molar-refractivity contribution in [2.24, 2.45) is 0 Å². The van der Waals surface area contributed by atoms with Crippen molar-refractivity contribution < 1.29 is 81.7 Å². The number of esters is 1. The van der Waals surface area contributed by atoms with Crippen LogP contribution in [0.2, 0.25) is 0 Å². The Bertz CT molecular complexity index is 1080. The highest BCUT2D eigenvalue weighted by Crippen LogP contribution is 2.35. The van der Waals surface area contributed by atoms with Crippen LogP contribution in [0.1, 0.15) is 60.3 Å². The zero-order valence-corrected chi connectivity index (χ0v) is 30.9. The van der Waals surface area contributed by atoms with Gasteiger partial charge in [-0.05, 0) is 34.6 Å². The number of aliphatic hydroxyl groups is 3. The molecule has 0 saturated carbocycles. The summed E-state index contributed by atoms with van der Waals surface area (Å²) >= 11 is 0. The summed E-state index contributed by atoms with van der Waals surface area (Å²) < 4.78 is 76.9. The molecule has 17 heteroatoms. The molecule has 5 fully saturated rings. The largest absolute Gasteiger partial charge is 0.460 e. The maximum absolute atomic E-state index is 11.8. The molecule has 0 radical (unpaired) electrons. The monoisotopic (exact) mass is 738 g/mol. The molecule has 0 aromatic heterocycles. The van der Waals surface area contributed by atoms with Gasteiger partial charge in [0.1, 0.15) is 48.8 Å². The minimum Gasteiger partial charge on any atom is -0.460 e. The molecule has 20 atom stereocenters. The van der Waals surface area contributed by atoms with Crippen LogP contribution in [0.3, 0.4) is 0 Å². The van der Waals surface area contributed by atoms with Crippen molar-refractivity contribution in [3.05, 3.63) is 0 Å². The number of carbonyl (C=O) groups is 1. The van der Waals surface area contributed by atoms with E-state index in [9.17, 15) is 20.1 Å². The van der Waals surface area contributed by atoms with E-state index >= 15 is 0 Å². The third-order valence-electron chi connectivity index (χ3n) is 10.5. The number of aliphatic hydroxyl groups excluding tert-OH is 3. The predicted octanol–water partition coefficient (Wildman–Crippen LogP) is 0.155. The lowest BCUT2D eigenvalue weighted by atomic mass is 9.98. The number of ether oxygens (including phenoxy) is 13. The van der Waals surface area contributed by atoms with Crippen molar-refractivity contribution in [3.8, 4) is 0 Å². The van der Waals surface area contributed by atoms with Crippen molar-refractivity contribution in [1.82, 2.24) is 0 Å². The molecule has 0 amide bonds. The van der Waals surface area contributed by atoms with Crippen LogP contribution in [0, 0.1) is 0 Å². The Hall–Kier alpha value is -1.13. The third-order valence-corrected chi connectivity index (χ3v) is 10.5. The third kappa shape index (κ3) is 9.40. The van der Waals surface area contributed by atoms with Crippen molar-refractivity contribution in [1.29, 1.82) is 0 Å². The molecule has 5 rings (SSSR count). The minimum absolute atomic E-state index is 0.0622. The highest BCUT2D eigenvalue weighted by atomic mass is 16.8. The highest BCUT2D eigenvalue weighted by molar-refractivity contribution is 5.71. The second kappa shape index (κ2) is 18.0. The maximum atomic E-state index is 11.8. The van der Waals surface area contributed by atoms with Crippen LogP contribution >= 0.6 is 0 Å². The molecule has 20 unspecified atom stereocenters.